The average molecular weight is 302 g/mol. The molecule has 0 saturated carbocycles. The Kier molecular flexibility index (Phi) is 3.57. The van der Waals surface area contributed by atoms with E-state index in [4.69, 9.17) is 17.3 Å². The molecular formula is C16H16ClN3O. The number of hydrogen-bond acceptors (Lipinski definition) is 3. The summed E-state index contributed by atoms with van der Waals surface area (Å²) in [5.74, 6) is 0.621. The van der Waals surface area contributed by atoms with Crippen LogP contribution in [0.2, 0.25) is 5.02 Å². The molecule has 0 fully saturated rings. The fourth-order valence-corrected chi connectivity index (χ4v) is 2.68. The molecule has 1 heterocycles. The lowest BCUT2D eigenvalue weighted by molar-refractivity contribution is 0.185. The van der Waals surface area contributed by atoms with Gasteiger partial charge in [-0.25, -0.2) is 4.98 Å². The smallest absolute Gasteiger partial charge is 0.138 e. The number of nitrogens with zero attached hydrogens (tertiary/aromatic N) is 2. The molecule has 1 atom stereocenters. The van der Waals surface area contributed by atoms with Crippen LogP contribution in [0.5, 0.6) is 0 Å². The SMILES string of the molecule is CC(O)c1nc2cc(N)ccc2n1Cc1cccc(Cl)c1. The maximum atomic E-state index is 9.97. The van der Waals surface area contributed by atoms with Gasteiger partial charge >= 0.3 is 0 Å². The van der Waals surface area contributed by atoms with E-state index in [1.165, 1.54) is 0 Å². The van der Waals surface area contributed by atoms with Crippen molar-refractivity contribution in [2.75, 3.05) is 5.73 Å². The summed E-state index contributed by atoms with van der Waals surface area (Å²) in [6.07, 6.45) is -0.655. The van der Waals surface area contributed by atoms with Crippen molar-refractivity contribution in [3.05, 3.63) is 58.9 Å². The molecular weight excluding hydrogens is 286 g/mol. The quantitative estimate of drug-likeness (QED) is 0.729. The predicted molar refractivity (Wildman–Crippen MR) is 85.3 cm³/mol. The molecule has 0 aliphatic rings. The predicted octanol–water partition coefficient (Wildman–Crippen LogP) is 3.37. The molecule has 21 heavy (non-hydrogen) atoms. The number of nitrogen functional groups attached to an aromatic ring is 1. The lowest BCUT2D eigenvalue weighted by Gasteiger charge is -2.11. The van der Waals surface area contributed by atoms with Gasteiger partial charge in [0.1, 0.15) is 11.9 Å². The Bertz CT molecular complexity index is 795. The molecule has 108 valence electrons. The van der Waals surface area contributed by atoms with Crippen molar-refractivity contribution in [3.63, 3.8) is 0 Å². The molecule has 0 aliphatic heterocycles. The number of aromatic nitrogens is 2. The van der Waals surface area contributed by atoms with Crippen molar-refractivity contribution in [1.82, 2.24) is 9.55 Å². The van der Waals surface area contributed by atoms with Crippen LogP contribution in [-0.4, -0.2) is 14.7 Å². The van der Waals surface area contributed by atoms with Gasteiger partial charge in [0.25, 0.3) is 0 Å². The first-order valence-electron chi connectivity index (χ1n) is 6.73. The standard InChI is InChI=1S/C16H16ClN3O/c1-10(21)16-19-14-8-13(18)5-6-15(14)20(16)9-11-3-2-4-12(17)7-11/h2-8,10,21H,9,18H2,1H3. The van der Waals surface area contributed by atoms with Gasteiger partial charge in [-0.05, 0) is 42.8 Å². The van der Waals surface area contributed by atoms with E-state index in [-0.39, 0.29) is 0 Å². The monoisotopic (exact) mass is 301 g/mol. The van der Waals surface area contributed by atoms with Gasteiger partial charge in [-0.3, -0.25) is 0 Å². The summed E-state index contributed by atoms with van der Waals surface area (Å²) < 4.78 is 1.99. The van der Waals surface area contributed by atoms with Gasteiger partial charge in [-0.2, -0.15) is 0 Å². The average Bonchev–Trinajstić information content (AvgIpc) is 2.77. The van der Waals surface area contributed by atoms with E-state index in [0.29, 0.717) is 23.1 Å². The summed E-state index contributed by atoms with van der Waals surface area (Å²) in [7, 11) is 0. The number of anilines is 1. The van der Waals surface area contributed by atoms with Crippen molar-refractivity contribution in [1.29, 1.82) is 0 Å². The van der Waals surface area contributed by atoms with Crippen molar-refractivity contribution in [2.45, 2.75) is 19.6 Å². The third kappa shape index (κ3) is 2.73. The highest BCUT2D eigenvalue weighted by Crippen LogP contribution is 2.24. The van der Waals surface area contributed by atoms with Gasteiger partial charge in [-0.15, -0.1) is 0 Å². The van der Waals surface area contributed by atoms with Gasteiger partial charge in [0.2, 0.25) is 0 Å². The Hall–Kier alpha value is -2.04. The number of nitrogens with two attached hydrogens (primary N) is 1. The van der Waals surface area contributed by atoms with E-state index >= 15 is 0 Å². The number of rotatable bonds is 3. The van der Waals surface area contributed by atoms with Crippen LogP contribution in [0, 0.1) is 0 Å². The Morgan fingerprint density at radius 2 is 2.10 bits per heavy atom. The highest BCUT2D eigenvalue weighted by atomic mass is 35.5. The molecule has 3 N–H and O–H groups in total. The van der Waals surface area contributed by atoms with Crippen molar-refractivity contribution >= 4 is 28.3 Å². The molecule has 4 nitrogen and oxygen atoms in total. The zero-order chi connectivity index (χ0) is 15.0. The fraction of sp³-hybridized carbons (Fsp3) is 0.188. The second kappa shape index (κ2) is 5.39. The molecule has 0 amide bonds. The van der Waals surface area contributed by atoms with Crippen LogP contribution in [0.4, 0.5) is 5.69 Å². The van der Waals surface area contributed by atoms with E-state index in [1.54, 1.807) is 6.92 Å². The summed E-state index contributed by atoms with van der Waals surface area (Å²) in [5, 5.41) is 10.7. The molecule has 0 bridgehead atoms. The van der Waals surface area contributed by atoms with Crippen molar-refractivity contribution in [3.8, 4) is 0 Å². The molecule has 3 rings (SSSR count). The Morgan fingerprint density at radius 1 is 1.29 bits per heavy atom. The summed E-state index contributed by atoms with van der Waals surface area (Å²) in [6.45, 7) is 2.31. The van der Waals surface area contributed by atoms with Crippen molar-refractivity contribution < 1.29 is 5.11 Å². The molecule has 5 heteroatoms. The zero-order valence-electron chi connectivity index (χ0n) is 11.6. The molecule has 1 aromatic heterocycles. The minimum atomic E-state index is -0.655. The first kappa shape index (κ1) is 13.9. The van der Waals surface area contributed by atoms with Crippen LogP contribution in [0.3, 0.4) is 0 Å². The van der Waals surface area contributed by atoms with Gasteiger partial charge in [0, 0.05) is 17.3 Å². The van der Waals surface area contributed by atoms with Gasteiger partial charge in [0.05, 0.1) is 11.0 Å². The highest BCUT2D eigenvalue weighted by molar-refractivity contribution is 6.30. The first-order valence-corrected chi connectivity index (χ1v) is 7.10. The van der Waals surface area contributed by atoms with Crippen LogP contribution >= 0.6 is 11.6 Å². The highest BCUT2D eigenvalue weighted by Gasteiger charge is 2.15. The number of halogens is 1. The third-order valence-electron chi connectivity index (χ3n) is 3.41. The first-order chi connectivity index (χ1) is 10.0. The summed E-state index contributed by atoms with van der Waals surface area (Å²) >= 11 is 6.04. The Morgan fingerprint density at radius 3 is 2.81 bits per heavy atom. The van der Waals surface area contributed by atoms with Crippen LogP contribution in [-0.2, 0) is 6.54 Å². The number of aliphatic hydroxyl groups is 1. The second-order valence-corrected chi connectivity index (χ2v) is 5.55. The number of fused-ring (bicyclic) bond motifs is 1. The second-order valence-electron chi connectivity index (χ2n) is 5.11. The number of imidazole rings is 1. The summed E-state index contributed by atoms with van der Waals surface area (Å²) in [5.41, 5.74) is 9.25. The number of hydrogen-bond donors (Lipinski definition) is 2. The lowest BCUT2D eigenvalue weighted by atomic mass is 10.2. The molecule has 0 saturated heterocycles. The van der Waals surface area contributed by atoms with E-state index < -0.39 is 6.10 Å². The molecule has 3 aromatic rings. The van der Waals surface area contributed by atoms with Crippen LogP contribution in [0.25, 0.3) is 11.0 Å². The molecule has 0 radical (unpaired) electrons. The Balaban J connectivity index is 2.13. The summed E-state index contributed by atoms with van der Waals surface area (Å²) in [4.78, 5) is 4.49. The van der Waals surface area contributed by atoms with Crippen LogP contribution in [0.1, 0.15) is 24.4 Å². The Labute approximate surface area is 127 Å². The fourth-order valence-electron chi connectivity index (χ4n) is 2.47. The van der Waals surface area contributed by atoms with Crippen LogP contribution < -0.4 is 5.73 Å². The lowest BCUT2D eigenvalue weighted by Crippen LogP contribution is -2.07. The van der Waals surface area contributed by atoms with Crippen LogP contribution in [0.15, 0.2) is 42.5 Å². The van der Waals surface area contributed by atoms with Gasteiger partial charge < -0.3 is 15.4 Å². The third-order valence-corrected chi connectivity index (χ3v) is 3.64. The minimum Gasteiger partial charge on any atom is -0.399 e. The normalized spacial score (nSPS) is 12.7. The number of benzene rings is 2. The van der Waals surface area contributed by atoms with E-state index in [2.05, 4.69) is 4.98 Å². The maximum Gasteiger partial charge on any atom is 0.138 e. The minimum absolute atomic E-state index is 0.598. The maximum absolute atomic E-state index is 9.97. The molecule has 0 spiro atoms. The largest absolute Gasteiger partial charge is 0.399 e. The van der Waals surface area contributed by atoms with E-state index in [0.717, 1.165) is 16.6 Å². The van der Waals surface area contributed by atoms with Crippen molar-refractivity contribution in [2.24, 2.45) is 0 Å². The van der Waals surface area contributed by atoms with E-state index in [9.17, 15) is 5.11 Å². The zero-order valence-corrected chi connectivity index (χ0v) is 12.4. The van der Waals surface area contributed by atoms with Gasteiger partial charge in [0.15, 0.2) is 0 Å². The molecule has 0 aliphatic carbocycles. The van der Waals surface area contributed by atoms with E-state index in [1.807, 2.05) is 47.0 Å². The molecule has 2 aromatic carbocycles. The topological polar surface area (TPSA) is 64.1 Å². The number of aliphatic hydroxyl groups excluding tert-OH is 1. The summed E-state index contributed by atoms with van der Waals surface area (Å²) in [6, 6.07) is 13.2. The molecule has 1 unspecified atom stereocenters. The van der Waals surface area contributed by atoms with Gasteiger partial charge in [-0.1, -0.05) is 23.7 Å².